The number of amides is 1. The molecule has 1 rings (SSSR count). The van der Waals surface area contributed by atoms with Gasteiger partial charge in [-0.25, -0.2) is 8.42 Å². The first kappa shape index (κ1) is 17.9. The molecule has 2 N–H and O–H groups in total. The lowest BCUT2D eigenvalue weighted by atomic mass is 10.1. The summed E-state index contributed by atoms with van der Waals surface area (Å²) in [5.41, 5.74) is 0. The lowest BCUT2D eigenvalue weighted by Gasteiger charge is -2.15. The molecule has 118 valence electrons. The average Bonchev–Trinajstić information content (AvgIpc) is 2.38. The van der Waals surface area contributed by atoms with Crippen molar-refractivity contribution in [3.8, 4) is 0 Å². The number of carbonyl (C=O) groups is 1. The van der Waals surface area contributed by atoms with Gasteiger partial charge in [-0.3, -0.25) is 4.79 Å². The second kappa shape index (κ2) is 7.77. The normalized spacial score (nSPS) is 13.2. The van der Waals surface area contributed by atoms with Crippen LogP contribution < -0.4 is 10.0 Å². The Hall–Kier alpha value is -1.11. The monoisotopic (exact) mass is 332 g/mol. The molecular formula is C14H21ClN2O3S. The van der Waals surface area contributed by atoms with Crippen molar-refractivity contribution in [1.82, 2.24) is 10.0 Å². The fraction of sp³-hybridized carbons (Fsp3) is 0.500. The molecule has 0 aliphatic rings. The maximum absolute atomic E-state index is 12.1. The van der Waals surface area contributed by atoms with E-state index in [1.165, 1.54) is 31.2 Å². The molecule has 1 atom stereocenters. The van der Waals surface area contributed by atoms with Crippen molar-refractivity contribution >= 4 is 27.5 Å². The molecule has 0 saturated carbocycles. The van der Waals surface area contributed by atoms with E-state index in [0.29, 0.717) is 17.5 Å². The maximum Gasteiger partial charge on any atom is 0.241 e. The minimum Gasteiger partial charge on any atom is -0.355 e. The molecule has 0 radical (unpaired) electrons. The Labute approximate surface area is 131 Å². The topological polar surface area (TPSA) is 75.3 Å². The van der Waals surface area contributed by atoms with Crippen molar-refractivity contribution in [1.29, 1.82) is 0 Å². The van der Waals surface area contributed by atoms with Crippen molar-refractivity contribution in [3.05, 3.63) is 29.3 Å². The highest BCUT2D eigenvalue weighted by atomic mass is 35.5. The van der Waals surface area contributed by atoms with Crippen LogP contribution in [0.1, 0.15) is 27.2 Å². The number of halogens is 1. The third-order valence-electron chi connectivity index (χ3n) is 2.87. The third-order valence-corrected chi connectivity index (χ3v) is 4.68. The number of sulfonamides is 1. The van der Waals surface area contributed by atoms with Crippen molar-refractivity contribution in [2.24, 2.45) is 5.92 Å². The molecule has 0 fully saturated rings. The van der Waals surface area contributed by atoms with E-state index < -0.39 is 16.1 Å². The van der Waals surface area contributed by atoms with Gasteiger partial charge in [0, 0.05) is 11.6 Å². The first-order chi connectivity index (χ1) is 9.72. The lowest BCUT2D eigenvalue weighted by Crippen LogP contribution is -2.45. The molecule has 0 aliphatic heterocycles. The fourth-order valence-electron chi connectivity index (χ4n) is 1.61. The first-order valence-electron chi connectivity index (χ1n) is 6.78. The number of carbonyl (C=O) groups excluding carboxylic acids is 1. The molecule has 1 aromatic rings. The van der Waals surface area contributed by atoms with Gasteiger partial charge in [-0.2, -0.15) is 4.72 Å². The Bertz CT molecular complexity index is 570. The minimum atomic E-state index is -3.73. The summed E-state index contributed by atoms with van der Waals surface area (Å²) >= 11 is 5.72. The van der Waals surface area contributed by atoms with Crippen LogP contribution in [0.4, 0.5) is 0 Å². The molecule has 0 saturated heterocycles. The smallest absolute Gasteiger partial charge is 0.241 e. The van der Waals surface area contributed by atoms with Crippen LogP contribution in [0.25, 0.3) is 0 Å². The Morgan fingerprint density at radius 1 is 1.19 bits per heavy atom. The van der Waals surface area contributed by atoms with Gasteiger partial charge in [0.25, 0.3) is 0 Å². The van der Waals surface area contributed by atoms with Gasteiger partial charge in [0.1, 0.15) is 0 Å². The summed E-state index contributed by atoms with van der Waals surface area (Å²) in [7, 11) is -3.73. The molecular weight excluding hydrogens is 312 g/mol. The zero-order valence-electron chi connectivity index (χ0n) is 12.4. The van der Waals surface area contributed by atoms with Crippen molar-refractivity contribution in [3.63, 3.8) is 0 Å². The van der Waals surface area contributed by atoms with Gasteiger partial charge in [0.05, 0.1) is 10.9 Å². The predicted octanol–water partition coefficient (Wildman–Crippen LogP) is 2.17. The van der Waals surface area contributed by atoms with E-state index in [4.69, 9.17) is 11.6 Å². The summed E-state index contributed by atoms with van der Waals surface area (Å²) in [6.45, 7) is 6.15. The van der Waals surface area contributed by atoms with Crippen LogP contribution >= 0.6 is 11.6 Å². The zero-order valence-corrected chi connectivity index (χ0v) is 14.0. The Morgan fingerprint density at radius 2 is 1.76 bits per heavy atom. The quantitative estimate of drug-likeness (QED) is 0.803. The van der Waals surface area contributed by atoms with Crippen molar-refractivity contribution in [2.75, 3.05) is 6.54 Å². The molecule has 0 heterocycles. The molecule has 1 aromatic carbocycles. The van der Waals surface area contributed by atoms with E-state index in [1.54, 1.807) is 0 Å². The average molecular weight is 333 g/mol. The molecule has 0 aliphatic carbocycles. The highest BCUT2D eigenvalue weighted by Crippen LogP contribution is 2.14. The number of rotatable bonds is 7. The van der Waals surface area contributed by atoms with Crippen LogP contribution in [0.2, 0.25) is 5.02 Å². The second-order valence-electron chi connectivity index (χ2n) is 5.27. The number of benzene rings is 1. The maximum atomic E-state index is 12.1. The molecule has 0 spiro atoms. The first-order valence-corrected chi connectivity index (χ1v) is 8.64. The van der Waals surface area contributed by atoms with Crippen LogP contribution in [0.3, 0.4) is 0 Å². The SMILES string of the molecule is CC(C)CCNC(=O)[C@@H](C)NS(=O)(=O)c1ccc(Cl)cc1. The largest absolute Gasteiger partial charge is 0.355 e. The van der Waals surface area contributed by atoms with E-state index in [0.717, 1.165) is 6.42 Å². The highest BCUT2D eigenvalue weighted by Gasteiger charge is 2.21. The number of hydrogen-bond acceptors (Lipinski definition) is 3. The molecule has 0 aromatic heterocycles. The van der Waals surface area contributed by atoms with Gasteiger partial charge in [-0.15, -0.1) is 0 Å². The van der Waals surface area contributed by atoms with E-state index >= 15 is 0 Å². The third kappa shape index (κ3) is 6.03. The minimum absolute atomic E-state index is 0.0775. The van der Waals surface area contributed by atoms with Crippen LogP contribution in [-0.4, -0.2) is 26.9 Å². The molecule has 21 heavy (non-hydrogen) atoms. The van der Waals surface area contributed by atoms with Crippen LogP contribution in [0, 0.1) is 5.92 Å². The van der Waals surface area contributed by atoms with Gasteiger partial charge in [-0.1, -0.05) is 25.4 Å². The Balaban J connectivity index is 2.62. The Morgan fingerprint density at radius 3 is 2.29 bits per heavy atom. The summed E-state index contributed by atoms with van der Waals surface area (Å²) in [4.78, 5) is 11.9. The van der Waals surface area contributed by atoms with Gasteiger partial charge < -0.3 is 5.32 Å². The van der Waals surface area contributed by atoms with E-state index in [9.17, 15) is 13.2 Å². The van der Waals surface area contributed by atoms with Gasteiger partial charge in [0.15, 0.2) is 0 Å². The summed E-state index contributed by atoms with van der Waals surface area (Å²) < 4.78 is 26.6. The van der Waals surface area contributed by atoms with Crippen LogP contribution in [0.5, 0.6) is 0 Å². The van der Waals surface area contributed by atoms with E-state index in [1.807, 2.05) is 0 Å². The van der Waals surface area contributed by atoms with Gasteiger partial charge in [-0.05, 0) is 43.5 Å². The molecule has 7 heteroatoms. The molecule has 0 bridgehead atoms. The summed E-state index contributed by atoms with van der Waals surface area (Å²) in [6, 6.07) is 4.94. The fourth-order valence-corrected chi connectivity index (χ4v) is 2.93. The van der Waals surface area contributed by atoms with Gasteiger partial charge in [0.2, 0.25) is 15.9 Å². The number of hydrogen-bond donors (Lipinski definition) is 2. The van der Waals surface area contributed by atoms with Crippen LogP contribution in [0.15, 0.2) is 29.2 Å². The van der Waals surface area contributed by atoms with Crippen molar-refractivity contribution in [2.45, 2.75) is 38.1 Å². The highest BCUT2D eigenvalue weighted by molar-refractivity contribution is 7.89. The van der Waals surface area contributed by atoms with E-state index in [2.05, 4.69) is 23.9 Å². The van der Waals surface area contributed by atoms with Crippen LogP contribution in [-0.2, 0) is 14.8 Å². The predicted molar refractivity (Wildman–Crippen MR) is 83.7 cm³/mol. The standard InChI is InChI=1S/C14H21ClN2O3S/c1-10(2)8-9-16-14(18)11(3)17-21(19,20)13-6-4-12(15)5-7-13/h4-7,10-11,17H,8-9H2,1-3H3,(H,16,18)/t11-/m1/s1. The van der Waals surface area contributed by atoms with Crippen molar-refractivity contribution < 1.29 is 13.2 Å². The lowest BCUT2D eigenvalue weighted by molar-refractivity contribution is -0.122. The van der Waals surface area contributed by atoms with E-state index in [-0.39, 0.29) is 10.8 Å². The summed E-state index contributed by atoms with van der Waals surface area (Å²) in [6.07, 6.45) is 0.850. The van der Waals surface area contributed by atoms with Gasteiger partial charge >= 0.3 is 0 Å². The Kier molecular flexibility index (Phi) is 6.64. The summed E-state index contributed by atoms with van der Waals surface area (Å²) in [5, 5.41) is 3.16. The molecule has 0 unspecified atom stereocenters. The molecule has 1 amide bonds. The summed E-state index contributed by atoms with van der Waals surface area (Å²) in [5.74, 6) is 0.138. The second-order valence-corrected chi connectivity index (χ2v) is 7.42. The number of nitrogens with one attached hydrogen (secondary N) is 2. The zero-order chi connectivity index (χ0) is 16.0. The molecule has 5 nitrogen and oxygen atoms in total.